The zero-order valence-electron chi connectivity index (χ0n) is 18.2. The van der Waals surface area contributed by atoms with Crippen LogP contribution in [-0.4, -0.2) is 53.0 Å². The molecule has 0 bridgehead atoms. The molecule has 31 heavy (non-hydrogen) atoms. The number of hydrogen-bond donors (Lipinski definition) is 2. The minimum absolute atomic E-state index is 0.0912. The van der Waals surface area contributed by atoms with E-state index in [2.05, 4.69) is 34.4 Å². The van der Waals surface area contributed by atoms with E-state index in [-0.39, 0.29) is 29.6 Å². The van der Waals surface area contributed by atoms with E-state index in [0.717, 1.165) is 18.8 Å². The summed E-state index contributed by atoms with van der Waals surface area (Å²) >= 11 is 1.34. The van der Waals surface area contributed by atoms with E-state index < -0.39 is 17.8 Å². The highest BCUT2D eigenvalue weighted by Gasteiger charge is 2.27. The molecule has 168 valence electrons. The number of carbonyl (C=O) groups is 2. The van der Waals surface area contributed by atoms with Gasteiger partial charge in [-0.25, -0.2) is 9.37 Å². The standard InChI is InChI=1S/C22H29FN4O3S/c1-13(2)19(25-20(28)17-7-5-6-8-18(17)23)21(29)26-22-24-16(12-31-22)11-27-9-14(3)30-15(4)10-27/h5-8,12-15,19H,9-11H2,1-4H3,(H,25,28)(H,24,26,29). The number of thiazole rings is 1. The Morgan fingerprint density at radius 2 is 1.94 bits per heavy atom. The Bertz CT molecular complexity index is 910. The van der Waals surface area contributed by atoms with Gasteiger partial charge in [-0.15, -0.1) is 11.3 Å². The van der Waals surface area contributed by atoms with Crippen LogP contribution in [0.4, 0.5) is 9.52 Å². The zero-order valence-corrected chi connectivity index (χ0v) is 19.0. The van der Waals surface area contributed by atoms with Crippen LogP contribution in [0.2, 0.25) is 0 Å². The van der Waals surface area contributed by atoms with Crippen molar-refractivity contribution in [3.05, 3.63) is 46.7 Å². The minimum atomic E-state index is -0.819. The van der Waals surface area contributed by atoms with Crippen LogP contribution in [0, 0.1) is 11.7 Å². The summed E-state index contributed by atoms with van der Waals surface area (Å²) in [6, 6.07) is 4.87. The number of nitrogens with zero attached hydrogens (tertiary/aromatic N) is 2. The summed E-state index contributed by atoms with van der Waals surface area (Å²) in [5.41, 5.74) is 0.782. The van der Waals surface area contributed by atoms with Crippen LogP contribution in [-0.2, 0) is 16.1 Å². The van der Waals surface area contributed by atoms with Crippen LogP contribution in [0.25, 0.3) is 0 Å². The molecular weight excluding hydrogens is 419 g/mol. The summed E-state index contributed by atoms with van der Waals surface area (Å²) in [5.74, 6) is -1.82. The summed E-state index contributed by atoms with van der Waals surface area (Å²) < 4.78 is 19.7. The minimum Gasteiger partial charge on any atom is -0.373 e. The second kappa shape index (κ2) is 10.3. The second-order valence-corrected chi connectivity index (χ2v) is 9.12. The molecule has 0 spiro atoms. The molecule has 0 saturated carbocycles. The molecule has 1 aromatic carbocycles. The second-order valence-electron chi connectivity index (χ2n) is 8.26. The quantitative estimate of drug-likeness (QED) is 0.679. The summed E-state index contributed by atoms with van der Waals surface area (Å²) in [6.45, 7) is 10.1. The predicted molar refractivity (Wildman–Crippen MR) is 119 cm³/mol. The normalized spacial score (nSPS) is 20.5. The van der Waals surface area contributed by atoms with Gasteiger partial charge in [0, 0.05) is 25.0 Å². The van der Waals surface area contributed by atoms with Crippen LogP contribution < -0.4 is 10.6 Å². The van der Waals surface area contributed by atoms with E-state index in [0.29, 0.717) is 11.7 Å². The van der Waals surface area contributed by atoms with Gasteiger partial charge in [-0.3, -0.25) is 14.5 Å². The third-order valence-corrected chi connectivity index (χ3v) is 5.82. The number of hydrogen-bond acceptors (Lipinski definition) is 6. The highest BCUT2D eigenvalue weighted by Crippen LogP contribution is 2.20. The smallest absolute Gasteiger partial charge is 0.254 e. The fourth-order valence-corrected chi connectivity index (χ4v) is 4.37. The van der Waals surface area contributed by atoms with Gasteiger partial charge in [0.1, 0.15) is 11.9 Å². The van der Waals surface area contributed by atoms with Crippen molar-refractivity contribution in [2.24, 2.45) is 5.92 Å². The van der Waals surface area contributed by atoms with Crippen molar-refractivity contribution in [1.29, 1.82) is 0 Å². The number of halogens is 1. The van der Waals surface area contributed by atoms with Gasteiger partial charge in [0.05, 0.1) is 23.5 Å². The molecule has 3 unspecified atom stereocenters. The van der Waals surface area contributed by atoms with E-state index >= 15 is 0 Å². The van der Waals surface area contributed by atoms with Gasteiger partial charge in [0.25, 0.3) is 5.91 Å². The number of nitrogens with one attached hydrogen (secondary N) is 2. The molecule has 0 aliphatic carbocycles. The lowest BCUT2D eigenvalue weighted by Gasteiger charge is -2.34. The molecule has 1 fully saturated rings. The largest absolute Gasteiger partial charge is 0.373 e. The topological polar surface area (TPSA) is 83.6 Å². The van der Waals surface area contributed by atoms with Gasteiger partial charge in [0.2, 0.25) is 5.91 Å². The van der Waals surface area contributed by atoms with E-state index in [4.69, 9.17) is 4.74 Å². The zero-order chi connectivity index (χ0) is 22.5. The van der Waals surface area contributed by atoms with Crippen LogP contribution >= 0.6 is 11.3 Å². The van der Waals surface area contributed by atoms with Crippen LogP contribution in [0.3, 0.4) is 0 Å². The van der Waals surface area contributed by atoms with Crippen molar-refractivity contribution in [3.8, 4) is 0 Å². The third kappa shape index (κ3) is 6.32. The Kier molecular flexibility index (Phi) is 7.74. The lowest BCUT2D eigenvalue weighted by molar-refractivity contribution is -0.118. The number of benzene rings is 1. The van der Waals surface area contributed by atoms with E-state index in [1.807, 2.05) is 19.2 Å². The van der Waals surface area contributed by atoms with Crippen molar-refractivity contribution in [2.75, 3.05) is 18.4 Å². The van der Waals surface area contributed by atoms with Gasteiger partial charge < -0.3 is 15.4 Å². The van der Waals surface area contributed by atoms with Crippen molar-refractivity contribution in [2.45, 2.75) is 52.5 Å². The SMILES string of the molecule is CC1CN(Cc2csc(NC(=O)C(NC(=O)c3ccccc3F)C(C)C)n2)CC(C)O1. The number of aromatic nitrogens is 1. The maximum Gasteiger partial charge on any atom is 0.254 e. The van der Waals surface area contributed by atoms with Crippen molar-refractivity contribution < 1.29 is 18.7 Å². The van der Waals surface area contributed by atoms with Gasteiger partial charge in [-0.2, -0.15) is 0 Å². The first-order chi connectivity index (χ1) is 14.7. The van der Waals surface area contributed by atoms with Crippen molar-refractivity contribution >= 4 is 28.3 Å². The highest BCUT2D eigenvalue weighted by molar-refractivity contribution is 7.13. The summed E-state index contributed by atoms with van der Waals surface area (Å²) in [5, 5.41) is 7.82. The lowest BCUT2D eigenvalue weighted by atomic mass is 10.0. The Morgan fingerprint density at radius 3 is 2.58 bits per heavy atom. The van der Waals surface area contributed by atoms with Crippen LogP contribution in [0.1, 0.15) is 43.7 Å². The molecule has 2 N–H and O–H groups in total. The third-order valence-electron chi connectivity index (χ3n) is 5.02. The van der Waals surface area contributed by atoms with Gasteiger partial charge >= 0.3 is 0 Å². The fraction of sp³-hybridized carbons (Fsp3) is 0.500. The summed E-state index contributed by atoms with van der Waals surface area (Å²) in [4.78, 5) is 32.1. The van der Waals surface area contributed by atoms with Crippen LogP contribution in [0.15, 0.2) is 29.6 Å². The van der Waals surface area contributed by atoms with Gasteiger partial charge in [-0.1, -0.05) is 26.0 Å². The van der Waals surface area contributed by atoms with E-state index in [1.54, 1.807) is 6.07 Å². The molecule has 1 aliphatic heterocycles. The molecule has 2 aromatic rings. The molecule has 1 aliphatic rings. The van der Waals surface area contributed by atoms with Gasteiger partial charge in [-0.05, 0) is 31.9 Å². The molecule has 2 heterocycles. The molecular formula is C22H29FN4O3S. The lowest BCUT2D eigenvalue weighted by Crippen LogP contribution is -2.47. The average molecular weight is 449 g/mol. The maximum absolute atomic E-state index is 13.9. The first kappa shape index (κ1) is 23.3. The maximum atomic E-state index is 13.9. The number of anilines is 1. The van der Waals surface area contributed by atoms with Crippen molar-refractivity contribution in [3.63, 3.8) is 0 Å². The number of rotatable bonds is 7. The van der Waals surface area contributed by atoms with Crippen molar-refractivity contribution in [1.82, 2.24) is 15.2 Å². The summed E-state index contributed by atoms with van der Waals surface area (Å²) in [7, 11) is 0. The molecule has 1 aromatic heterocycles. The average Bonchev–Trinajstić information content (AvgIpc) is 3.11. The molecule has 3 rings (SSSR count). The van der Waals surface area contributed by atoms with E-state index in [9.17, 15) is 14.0 Å². The Hall–Kier alpha value is -2.36. The first-order valence-electron chi connectivity index (χ1n) is 10.4. The predicted octanol–water partition coefficient (Wildman–Crippen LogP) is 3.28. The number of carbonyl (C=O) groups excluding carboxylic acids is 2. The van der Waals surface area contributed by atoms with Crippen LogP contribution in [0.5, 0.6) is 0 Å². The Balaban J connectivity index is 1.61. The molecule has 7 nitrogen and oxygen atoms in total. The summed E-state index contributed by atoms with van der Waals surface area (Å²) in [6.07, 6.45) is 0.345. The first-order valence-corrected chi connectivity index (χ1v) is 11.3. The molecule has 3 atom stereocenters. The Labute approximate surface area is 186 Å². The molecule has 9 heteroatoms. The number of morpholine rings is 1. The van der Waals surface area contributed by atoms with E-state index in [1.165, 1.54) is 29.5 Å². The van der Waals surface area contributed by atoms with Gasteiger partial charge in [0.15, 0.2) is 5.13 Å². The molecule has 0 radical (unpaired) electrons. The molecule has 2 amide bonds. The molecule has 1 saturated heterocycles. The Morgan fingerprint density at radius 1 is 1.26 bits per heavy atom. The number of ether oxygens (including phenoxy) is 1. The highest BCUT2D eigenvalue weighted by atomic mass is 32.1. The fourth-order valence-electron chi connectivity index (χ4n) is 3.66. The number of amides is 2. The monoisotopic (exact) mass is 448 g/mol.